The zero-order valence-electron chi connectivity index (χ0n) is 14.1. The highest BCUT2D eigenvalue weighted by Crippen LogP contribution is 2.28. The number of benzene rings is 1. The van der Waals surface area contributed by atoms with Crippen molar-refractivity contribution in [1.29, 1.82) is 0 Å². The highest BCUT2D eigenvalue weighted by molar-refractivity contribution is 7.92. The Kier molecular flexibility index (Phi) is 6.39. The normalized spacial score (nSPS) is 11.2. The Labute approximate surface area is 152 Å². The molecule has 134 valence electrons. The van der Waals surface area contributed by atoms with Crippen molar-refractivity contribution in [3.05, 3.63) is 58.9 Å². The van der Waals surface area contributed by atoms with E-state index in [1.165, 1.54) is 4.31 Å². The number of rotatable bonds is 7. The lowest BCUT2D eigenvalue weighted by Crippen LogP contribution is -2.35. The quantitative estimate of drug-likeness (QED) is 0.799. The molecule has 25 heavy (non-hydrogen) atoms. The molecule has 1 aromatic carbocycles. The number of carbonyl (C=O) groups excluding carboxylic acids is 1. The second kappa shape index (κ2) is 8.31. The van der Waals surface area contributed by atoms with Gasteiger partial charge in [-0.1, -0.05) is 17.7 Å². The summed E-state index contributed by atoms with van der Waals surface area (Å²) in [6.45, 7) is 2.16. The highest BCUT2D eigenvalue weighted by atomic mass is 35.5. The first-order valence-corrected chi connectivity index (χ1v) is 9.90. The van der Waals surface area contributed by atoms with Crippen molar-refractivity contribution in [3.8, 4) is 0 Å². The molecule has 0 bridgehead atoms. The van der Waals surface area contributed by atoms with Crippen LogP contribution in [0.15, 0.2) is 42.7 Å². The number of halogens is 1. The first-order valence-electron chi connectivity index (χ1n) is 7.67. The third-order valence-electron chi connectivity index (χ3n) is 3.69. The summed E-state index contributed by atoms with van der Waals surface area (Å²) >= 11 is 6.08. The van der Waals surface area contributed by atoms with Gasteiger partial charge < -0.3 is 5.32 Å². The van der Waals surface area contributed by atoms with E-state index in [4.69, 9.17) is 11.6 Å². The minimum absolute atomic E-state index is 0.0438. The van der Waals surface area contributed by atoms with Gasteiger partial charge in [0.2, 0.25) is 15.9 Å². The average Bonchev–Trinajstić information content (AvgIpc) is 2.56. The molecule has 0 atom stereocenters. The molecule has 0 spiro atoms. The summed E-state index contributed by atoms with van der Waals surface area (Å²) in [5.74, 6) is -0.231. The Morgan fingerprint density at radius 2 is 1.92 bits per heavy atom. The van der Waals surface area contributed by atoms with Gasteiger partial charge in [-0.25, -0.2) is 8.42 Å². The van der Waals surface area contributed by atoms with Crippen molar-refractivity contribution in [2.24, 2.45) is 0 Å². The van der Waals surface area contributed by atoms with E-state index >= 15 is 0 Å². The predicted octanol–water partition coefficient (Wildman–Crippen LogP) is 2.52. The standard InChI is InChI=1S/C17H20ClN3O3S/c1-13-15(18)4-3-5-16(13)21(25(2,23)24)11-8-17(22)20-12-14-6-9-19-10-7-14/h3-7,9-10H,8,11-12H2,1-2H3,(H,20,22). The van der Waals surface area contributed by atoms with Gasteiger partial charge in [-0.2, -0.15) is 0 Å². The van der Waals surface area contributed by atoms with Gasteiger partial charge in [-0.15, -0.1) is 0 Å². The molecule has 2 aromatic rings. The molecule has 0 saturated heterocycles. The van der Waals surface area contributed by atoms with Crippen LogP contribution in [-0.2, 0) is 21.4 Å². The molecule has 0 aliphatic carbocycles. The summed E-state index contributed by atoms with van der Waals surface area (Å²) in [6, 6.07) is 8.67. The van der Waals surface area contributed by atoms with Crippen molar-refractivity contribution >= 4 is 33.2 Å². The first kappa shape index (κ1) is 19.2. The molecule has 0 aliphatic rings. The molecule has 2 rings (SSSR count). The molecule has 6 nitrogen and oxygen atoms in total. The smallest absolute Gasteiger partial charge is 0.232 e. The van der Waals surface area contributed by atoms with E-state index in [9.17, 15) is 13.2 Å². The molecular weight excluding hydrogens is 362 g/mol. The Morgan fingerprint density at radius 1 is 1.24 bits per heavy atom. The first-order chi connectivity index (χ1) is 11.8. The lowest BCUT2D eigenvalue weighted by atomic mass is 10.2. The fourth-order valence-corrected chi connectivity index (χ4v) is 3.47. The maximum absolute atomic E-state index is 12.1. The van der Waals surface area contributed by atoms with Crippen LogP contribution in [0.5, 0.6) is 0 Å². The number of nitrogens with one attached hydrogen (secondary N) is 1. The van der Waals surface area contributed by atoms with Crippen LogP contribution in [0.1, 0.15) is 17.5 Å². The molecule has 1 N–H and O–H groups in total. The SMILES string of the molecule is Cc1c(Cl)cccc1N(CCC(=O)NCc1ccncc1)S(C)(=O)=O. The minimum atomic E-state index is -3.53. The second-order valence-corrected chi connectivity index (χ2v) is 7.92. The van der Waals surface area contributed by atoms with Crippen molar-refractivity contribution in [2.75, 3.05) is 17.1 Å². The Balaban J connectivity index is 2.03. The van der Waals surface area contributed by atoms with Gasteiger partial charge in [0.05, 0.1) is 11.9 Å². The third-order valence-corrected chi connectivity index (χ3v) is 5.28. The second-order valence-electron chi connectivity index (χ2n) is 5.60. The maximum Gasteiger partial charge on any atom is 0.232 e. The van der Waals surface area contributed by atoms with Gasteiger partial charge in [0.1, 0.15) is 0 Å². The van der Waals surface area contributed by atoms with Crippen LogP contribution < -0.4 is 9.62 Å². The van der Waals surface area contributed by atoms with Crippen molar-refractivity contribution in [2.45, 2.75) is 19.9 Å². The average molecular weight is 382 g/mol. The minimum Gasteiger partial charge on any atom is -0.352 e. The number of pyridine rings is 1. The Morgan fingerprint density at radius 3 is 2.56 bits per heavy atom. The Bertz CT molecular complexity index is 841. The molecule has 0 saturated carbocycles. The zero-order valence-corrected chi connectivity index (χ0v) is 15.6. The number of aromatic nitrogens is 1. The summed E-state index contributed by atoms with van der Waals surface area (Å²) in [7, 11) is -3.53. The molecule has 8 heteroatoms. The molecule has 1 aromatic heterocycles. The number of hydrogen-bond acceptors (Lipinski definition) is 4. The van der Waals surface area contributed by atoms with Crippen LogP contribution in [0.25, 0.3) is 0 Å². The number of sulfonamides is 1. The van der Waals surface area contributed by atoms with Gasteiger partial charge in [0.25, 0.3) is 0 Å². The van der Waals surface area contributed by atoms with Crippen molar-refractivity contribution in [1.82, 2.24) is 10.3 Å². The van der Waals surface area contributed by atoms with E-state index in [1.54, 1.807) is 49.6 Å². The molecule has 1 amide bonds. The topological polar surface area (TPSA) is 79.4 Å². The monoisotopic (exact) mass is 381 g/mol. The van der Waals surface area contributed by atoms with Crippen LogP contribution in [0.4, 0.5) is 5.69 Å². The maximum atomic E-state index is 12.1. The fraction of sp³-hybridized carbons (Fsp3) is 0.294. The van der Waals surface area contributed by atoms with Crippen molar-refractivity contribution < 1.29 is 13.2 Å². The fourth-order valence-electron chi connectivity index (χ4n) is 2.32. The summed E-state index contributed by atoms with van der Waals surface area (Å²) < 4.78 is 25.5. The van der Waals surface area contributed by atoms with E-state index in [1.807, 2.05) is 0 Å². The molecule has 0 radical (unpaired) electrons. The zero-order chi connectivity index (χ0) is 18.4. The molecule has 0 unspecified atom stereocenters. The van der Waals surface area contributed by atoms with Crippen molar-refractivity contribution in [3.63, 3.8) is 0 Å². The van der Waals surface area contributed by atoms with E-state index < -0.39 is 10.0 Å². The number of amides is 1. The lowest BCUT2D eigenvalue weighted by molar-refractivity contribution is -0.121. The van der Waals surface area contributed by atoms with Gasteiger partial charge >= 0.3 is 0 Å². The van der Waals surface area contributed by atoms with Gasteiger partial charge in [-0.3, -0.25) is 14.1 Å². The summed E-state index contributed by atoms with van der Waals surface area (Å²) in [5, 5.41) is 3.25. The third kappa shape index (κ3) is 5.44. The number of nitrogens with zero attached hydrogens (tertiary/aromatic N) is 2. The summed E-state index contributed by atoms with van der Waals surface area (Å²) in [5.41, 5.74) is 2.07. The van der Waals surface area contributed by atoms with E-state index in [-0.39, 0.29) is 18.9 Å². The summed E-state index contributed by atoms with van der Waals surface area (Å²) in [4.78, 5) is 16.0. The Hall–Kier alpha value is -2.12. The van der Waals surface area contributed by atoms with Crippen LogP contribution in [0, 0.1) is 6.92 Å². The van der Waals surface area contributed by atoms with Crippen LogP contribution in [-0.4, -0.2) is 32.1 Å². The van der Waals surface area contributed by atoms with Crippen LogP contribution in [0.3, 0.4) is 0 Å². The number of hydrogen-bond donors (Lipinski definition) is 1. The van der Waals surface area contributed by atoms with E-state index in [2.05, 4.69) is 10.3 Å². The molecule has 1 heterocycles. The van der Waals surface area contributed by atoms with Gasteiger partial charge in [0.15, 0.2) is 0 Å². The number of carbonyl (C=O) groups is 1. The van der Waals surface area contributed by atoms with E-state index in [0.29, 0.717) is 22.8 Å². The van der Waals surface area contributed by atoms with Crippen LogP contribution in [0.2, 0.25) is 5.02 Å². The lowest BCUT2D eigenvalue weighted by Gasteiger charge is -2.24. The molecular formula is C17H20ClN3O3S. The predicted molar refractivity (Wildman–Crippen MR) is 99.1 cm³/mol. The molecule has 0 fully saturated rings. The largest absolute Gasteiger partial charge is 0.352 e. The summed E-state index contributed by atoms with van der Waals surface area (Å²) in [6.07, 6.45) is 4.45. The van der Waals surface area contributed by atoms with Gasteiger partial charge in [0, 0.05) is 36.9 Å². The highest BCUT2D eigenvalue weighted by Gasteiger charge is 2.21. The van der Waals surface area contributed by atoms with Gasteiger partial charge in [-0.05, 0) is 42.3 Å². The molecule has 0 aliphatic heterocycles. The van der Waals surface area contributed by atoms with Crippen LogP contribution >= 0.6 is 11.6 Å². The van der Waals surface area contributed by atoms with E-state index in [0.717, 1.165) is 11.8 Å². The number of anilines is 1.